The van der Waals surface area contributed by atoms with Gasteiger partial charge >= 0.3 is 0 Å². The molecule has 0 saturated carbocycles. The Kier molecular flexibility index (Phi) is 3.26. The fourth-order valence-corrected chi connectivity index (χ4v) is 1.90. The van der Waals surface area contributed by atoms with Crippen molar-refractivity contribution < 1.29 is 5.11 Å². The Hall–Kier alpha value is -0.630. The monoisotopic (exact) mass is 196 g/mol. The van der Waals surface area contributed by atoms with Gasteiger partial charge < -0.3 is 5.11 Å². The summed E-state index contributed by atoms with van der Waals surface area (Å²) < 4.78 is 0. The molecule has 1 rings (SSSR count). The highest BCUT2D eigenvalue weighted by Gasteiger charge is 2.18. The van der Waals surface area contributed by atoms with E-state index in [1.165, 1.54) is 5.56 Å². The third kappa shape index (κ3) is 2.66. The second-order valence-electron chi connectivity index (χ2n) is 3.90. The summed E-state index contributed by atoms with van der Waals surface area (Å²) in [5.74, 6) is 1.21. The molecule has 1 N–H and O–H groups in total. The van der Waals surface area contributed by atoms with Crippen LogP contribution in [0.3, 0.4) is 0 Å². The second kappa shape index (κ2) is 4.05. The van der Waals surface area contributed by atoms with Crippen LogP contribution in [-0.2, 0) is 5.41 Å². The zero-order valence-electron chi connectivity index (χ0n) is 8.12. The molecule has 0 aliphatic carbocycles. The van der Waals surface area contributed by atoms with Crippen LogP contribution in [0.25, 0.3) is 0 Å². The van der Waals surface area contributed by atoms with Gasteiger partial charge in [0.05, 0.1) is 0 Å². The molecule has 0 spiro atoms. The van der Waals surface area contributed by atoms with Crippen LogP contribution < -0.4 is 0 Å². The highest BCUT2D eigenvalue weighted by molar-refractivity contribution is 7.80. The summed E-state index contributed by atoms with van der Waals surface area (Å²) in [6.07, 6.45) is 1.04. The van der Waals surface area contributed by atoms with Crippen molar-refractivity contribution in [3.63, 3.8) is 0 Å². The van der Waals surface area contributed by atoms with Gasteiger partial charge in [-0.15, -0.1) is 0 Å². The van der Waals surface area contributed by atoms with Crippen LogP contribution in [0.4, 0.5) is 0 Å². The van der Waals surface area contributed by atoms with E-state index in [1.807, 2.05) is 12.1 Å². The zero-order chi connectivity index (χ0) is 9.90. The van der Waals surface area contributed by atoms with Crippen LogP contribution in [0.2, 0.25) is 0 Å². The van der Waals surface area contributed by atoms with Crippen molar-refractivity contribution in [3.05, 3.63) is 29.8 Å². The molecule has 2 heteroatoms. The van der Waals surface area contributed by atoms with Crippen LogP contribution in [-0.4, -0.2) is 10.9 Å². The Labute approximate surface area is 85.2 Å². The fourth-order valence-electron chi connectivity index (χ4n) is 1.34. The molecule has 72 valence electrons. The number of hydrogen-bond donors (Lipinski definition) is 2. The van der Waals surface area contributed by atoms with E-state index < -0.39 is 0 Å². The molecule has 0 atom stereocenters. The summed E-state index contributed by atoms with van der Waals surface area (Å²) in [5, 5.41) is 9.14. The third-order valence-electron chi connectivity index (χ3n) is 2.39. The van der Waals surface area contributed by atoms with Gasteiger partial charge in [-0.1, -0.05) is 26.0 Å². The number of hydrogen-bond acceptors (Lipinski definition) is 2. The van der Waals surface area contributed by atoms with Crippen LogP contribution in [0, 0.1) is 0 Å². The largest absolute Gasteiger partial charge is 0.508 e. The topological polar surface area (TPSA) is 20.2 Å². The van der Waals surface area contributed by atoms with Crippen molar-refractivity contribution in [2.45, 2.75) is 25.7 Å². The second-order valence-corrected chi connectivity index (χ2v) is 4.35. The van der Waals surface area contributed by atoms with Crippen molar-refractivity contribution in [1.29, 1.82) is 0 Å². The maximum absolute atomic E-state index is 9.14. The molecule has 1 aromatic rings. The Balaban J connectivity index is 2.87. The number of benzene rings is 1. The first-order chi connectivity index (χ1) is 6.06. The summed E-state index contributed by atoms with van der Waals surface area (Å²) in [6.45, 7) is 4.38. The van der Waals surface area contributed by atoms with E-state index in [1.54, 1.807) is 12.1 Å². The van der Waals surface area contributed by atoms with Crippen molar-refractivity contribution in [1.82, 2.24) is 0 Å². The Morgan fingerprint density at radius 2 is 1.77 bits per heavy atom. The van der Waals surface area contributed by atoms with E-state index in [9.17, 15) is 0 Å². The average Bonchev–Trinajstić information content (AvgIpc) is 2.05. The lowest BCUT2D eigenvalue weighted by atomic mass is 9.82. The Bertz CT molecular complexity index is 264. The van der Waals surface area contributed by atoms with E-state index in [0.29, 0.717) is 5.75 Å². The molecule has 0 bridgehead atoms. The molecule has 0 aliphatic heterocycles. The van der Waals surface area contributed by atoms with Gasteiger partial charge in [-0.2, -0.15) is 12.6 Å². The fraction of sp³-hybridized carbons (Fsp3) is 0.455. The van der Waals surface area contributed by atoms with Crippen molar-refractivity contribution in [3.8, 4) is 5.75 Å². The number of thiol groups is 1. The first-order valence-corrected chi connectivity index (χ1v) is 5.10. The molecule has 1 nitrogen and oxygen atoms in total. The maximum atomic E-state index is 9.14. The number of rotatable bonds is 3. The van der Waals surface area contributed by atoms with E-state index in [-0.39, 0.29) is 5.41 Å². The standard InChI is InChI=1S/C11H16OS/c1-11(2,7-8-13)9-3-5-10(12)6-4-9/h3-6,12-13H,7-8H2,1-2H3. The SMILES string of the molecule is CC(C)(CCS)c1ccc(O)cc1. The lowest BCUT2D eigenvalue weighted by molar-refractivity contribution is 0.472. The van der Waals surface area contributed by atoms with Gasteiger partial charge in [0.15, 0.2) is 0 Å². The summed E-state index contributed by atoms with van der Waals surface area (Å²) in [7, 11) is 0. The summed E-state index contributed by atoms with van der Waals surface area (Å²) in [6, 6.07) is 7.41. The highest BCUT2D eigenvalue weighted by Crippen LogP contribution is 2.28. The Morgan fingerprint density at radius 3 is 2.23 bits per heavy atom. The minimum Gasteiger partial charge on any atom is -0.508 e. The van der Waals surface area contributed by atoms with Crippen molar-refractivity contribution >= 4 is 12.6 Å². The number of phenolic OH excluding ortho intramolecular Hbond substituents is 1. The summed E-state index contributed by atoms with van der Waals surface area (Å²) >= 11 is 4.24. The molecule has 0 aliphatic rings. The molecule has 0 radical (unpaired) electrons. The van der Waals surface area contributed by atoms with Gasteiger partial charge in [0.25, 0.3) is 0 Å². The molecular weight excluding hydrogens is 180 g/mol. The predicted molar refractivity (Wildman–Crippen MR) is 59.6 cm³/mol. The molecule has 1 aromatic carbocycles. The van der Waals surface area contributed by atoms with Crippen LogP contribution in [0.1, 0.15) is 25.8 Å². The smallest absolute Gasteiger partial charge is 0.115 e. The average molecular weight is 196 g/mol. The van der Waals surface area contributed by atoms with E-state index in [0.717, 1.165) is 12.2 Å². The number of aromatic hydroxyl groups is 1. The third-order valence-corrected chi connectivity index (χ3v) is 2.61. The molecule has 0 heterocycles. The predicted octanol–water partition coefficient (Wildman–Crippen LogP) is 2.99. The van der Waals surface area contributed by atoms with Gasteiger partial charge in [-0.25, -0.2) is 0 Å². The van der Waals surface area contributed by atoms with Gasteiger partial charge in [-0.05, 0) is 35.3 Å². The van der Waals surface area contributed by atoms with Gasteiger partial charge in [0.1, 0.15) is 5.75 Å². The van der Waals surface area contributed by atoms with Gasteiger partial charge in [0, 0.05) is 0 Å². The molecule has 0 amide bonds. The zero-order valence-corrected chi connectivity index (χ0v) is 9.01. The quantitative estimate of drug-likeness (QED) is 0.712. The van der Waals surface area contributed by atoms with Gasteiger partial charge in [-0.3, -0.25) is 0 Å². The molecule has 0 fully saturated rings. The maximum Gasteiger partial charge on any atom is 0.115 e. The molecule has 0 aromatic heterocycles. The Morgan fingerprint density at radius 1 is 1.23 bits per heavy atom. The lowest BCUT2D eigenvalue weighted by Crippen LogP contribution is -2.17. The first kappa shape index (κ1) is 10.5. The minimum absolute atomic E-state index is 0.148. The van der Waals surface area contributed by atoms with Crippen LogP contribution >= 0.6 is 12.6 Å². The summed E-state index contributed by atoms with van der Waals surface area (Å²) in [4.78, 5) is 0. The number of phenols is 1. The van der Waals surface area contributed by atoms with Gasteiger partial charge in [0.2, 0.25) is 0 Å². The van der Waals surface area contributed by atoms with E-state index in [4.69, 9.17) is 5.11 Å². The molecular formula is C11H16OS. The van der Waals surface area contributed by atoms with Crippen molar-refractivity contribution in [2.24, 2.45) is 0 Å². The first-order valence-electron chi connectivity index (χ1n) is 4.46. The molecule has 13 heavy (non-hydrogen) atoms. The highest BCUT2D eigenvalue weighted by atomic mass is 32.1. The normalized spacial score (nSPS) is 11.6. The molecule has 0 unspecified atom stereocenters. The van der Waals surface area contributed by atoms with Crippen molar-refractivity contribution in [2.75, 3.05) is 5.75 Å². The van der Waals surface area contributed by atoms with E-state index >= 15 is 0 Å². The summed E-state index contributed by atoms with van der Waals surface area (Å²) in [5.41, 5.74) is 1.40. The van der Waals surface area contributed by atoms with Crippen LogP contribution in [0.15, 0.2) is 24.3 Å². The molecule has 0 saturated heterocycles. The lowest BCUT2D eigenvalue weighted by Gasteiger charge is -2.24. The minimum atomic E-state index is 0.148. The van der Waals surface area contributed by atoms with E-state index in [2.05, 4.69) is 26.5 Å². The van der Waals surface area contributed by atoms with Crippen LogP contribution in [0.5, 0.6) is 5.75 Å².